The molecular weight excluding hydrogens is 450 g/mol. The first-order valence-corrected chi connectivity index (χ1v) is 12.6. The van der Waals surface area contributed by atoms with Crippen LogP contribution in [0.15, 0.2) is 59.0 Å². The number of nitrogens with zero attached hydrogens (tertiary/aromatic N) is 1. The molecule has 2 unspecified atom stereocenters. The Hall–Kier alpha value is -3.18. The molecule has 1 N–H and O–H groups in total. The second kappa shape index (κ2) is 9.36. The molecule has 1 aromatic heterocycles. The smallest absolute Gasteiger partial charge is 0.289 e. The molecule has 3 aromatic rings. The van der Waals surface area contributed by atoms with Crippen molar-refractivity contribution >= 4 is 11.7 Å². The van der Waals surface area contributed by atoms with Crippen molar-refractivity contribution in [1.29, 1.82) is 0 Å². The summed E-state index contributed by atoms with van der Waals surface area (Å²) in [7, 11) is 1.63. The lowest BCUT2D eigenvalue weighted by Gasteiger charge is -2.42. The fourth-order valence-corrected chi connectivity index (χ4v) is 5.17. The summed E-state index contributed by atoms with van der Waals surface area (Å²) in [6, 6.07) is 16.0. The number of likely N-dealkylation sites (N-methyl/N-ethyl adjacent to an activating group) is 1. The van der Waals surface area contributed by atoms with Gasteiger partial charge in [-0.2, -0.15) is 0 Å². The van der Waals surface area contributed by atoms with Crippen LogP contribution in [0.5, 0.6) is 0 Å². The summed E-state index contributed by atoms with van der Waals surface area (Å²) < 4.78 is 5.79. The zero-order valence-electron chi connectivity index (χ0n) is 22.4. The Balaban J connectivity index is 1.59. The van der Waals surface area contributed by atoms with Crippen molar-refractivity contribution in [2.75, 3.05) is 7.05 Å². The van der Waals surface area contributed by atoms with Crippen LogP contribution in [0.2, 0.25) is 0 Å². The summed E-state index contributed by atoms with van der Waals surface area (Å²) in [4.78, 5) is 28.1. The van der Waals surface area contributed by atoms with Crippen LogP contribution in [0.1, 0.15) is 102 Å². The van der Waals surface area contributed by atoms with Gasteiger partial charge in [-0.15, -0.1) is 0 Å². The number of benzene rings is 2. The highest BCUT2D eigenvalue weighted by atomic mass is 16.4. The number of aryl methyl sites for hydroxylation is 1. The minimum Gasteiger partial charge on any atom is -0.447 e. The van der Waals surface area contributed by atoms with Crippen LogP contribution >= 0.6 is 0 Å². The molecule has 0 bridgehead atoms. The number of amides is 1. The highest BCUT2D eigenvalue weighted by Gasteiger charge is 2.38. The Morgan fingerprint density at radius 1 is 0.917 bits per heavy atom. The molecule has 5 heteroatoms. The van der Waals surface area contributed by atoms with Crippen LogP contribution in [0.4, 0.5) is 0 Å². The normalized spacial score (nSPS) is 17.7. The molecule has 1 aliphatic carbocycles. The number of rotatable bonds is 6. The average Bonchev–Trinajstić information content (AvgIpc) is 3.35. The van der Waals surface area contributed by atoms with Gasteiger partial charge in [0.1, 0.15) is 0 Å². The third kappa shape index (κ3) is 4.64. The van der Waals surface area contributed by atoms with E-state index in [-0.39, 0.29) is 34.0 Å². The Labute approximate surface area is 214 Å². The molecule has 2 atom stereocenters. The maximum Gasteiger partial charge on any atom is 0.289 e. The van der Waals surface area contributed by atoms with Crippen molar-refractivity contribution < 1.29 is 19.1 Å². The number of aliphatic hydroxyl groups excluding tert-OH is 1. The minimum atomic E-state index is -0.845. The van der Waals surface area contributed by atoms with Gasteiger partial charge in [0.15, 0.2) is 11.5 Å². The Morgan fingerprint density at radius 2 is 1.47 bits per heavy atom. The van der Waals surface area contributed by atoms with E-state index in [0.717, 1.165) is 24.0 Å². The zero-order valence-corrected chi connectivity index (χ0v) is 22.4. The van der Waals surface area contributed by atoms with E-state index in [4.69, 9.17) is 4.42 Å². The largest absolute Gasteiger partial charge is 0.447 e. The summed E-state index contributed by atoms with van der Waals surface area (Å²) >= 11 is 0. The fraction of sp³-hybridized carbons (Fsp3) is 0.419. The quantitative estimate of drug-likeness (QED) is 0.411. The molecule has 0 aliphatic heterocycles. The van der Waals surface area contributed by atoms with E-state index in [1.54, 1.807) is 20.0 Å². The van der Waals surface area contributed by atoms with Crippen LogP contribution in [0, 0.1) is 6.92 Å². The van der Waals surface area contributed by atoms with E-state index in [2.05, 4.69) is 33.8 Å². The van der Waals surface area contributed by atoms with Gasteiger partial charge in [-0.3, -0.25) is 9.59 Å². The van der Waals surface area contributed by atoms with Crippen molar-refractivity contribution in [3.05, 3.63) is 93.9 Å². The van der Waals surface area contributed by atoms with Crippen LogP contribution < -0.4 is 0 Å². The monoisotopic (exact) mass is 487 g/mol. The van der Waals surface area contributed by atoms with Gasteiger partial charge in [-0.1, -0.05) is 64.1 Å². The highest BCUT2D eigenvalue weighted by Crippen LogP contribution is 2.46. The van der Waals surface area contributed by atoms with Crippen molar-refractivity contribution in [2.24, 2.45) is 0 Å². The van der Waals surface area contributed by atoms with Crippen LogP contribution in [-0.4, -0.2) is 34.8 Å². The lowest BCUT2D eigenvalue weighted by molar-refractivity contribution is 0.0460. The third-order valence-electron chi connectivity index (χ3n) is 8.01. The standard InChI is InChI=1S/C31H37NO4/c1-19-17-23-24(31(5,6)16-15-30(23,3)4)18-22(19)28(34)25-13-14-26(36-25)29(35)32(7)20(2)27(33)21-11-9-8-10-12-21/h8-14,17-18,20,27,33H,15-16H2,1-7H3. The van der Waals surface area contributed by atoms with E-state index in [9.17, 15) is 14.7 Å². The van der Waals surface area contributed by atoms with Gasteiger partial charge in [0.25, 0.3) is 5.91 Å². The van der Waals surface area contributed by atoms with Gasteiger partial charge < -0.3 is 14.4 Å². The number of furan rings is 1. The maximum atomic E-state index is 13.5. The van der Waals surface area contributed by atoms with Gasteiger partial charge in [0.2, 0.25) is 5.78 Å². The number of aliphatic hydroxyl groups is 1. The van der Waals surface area contributed by atoms with E-state index >= 15 is 0 Å². The predicted octanol–water partition coefficient (Wildman–Crippen LogP) is 6.36. The molecule has 36 heavy (non-hydrogen) atoms. The van der Waals surface area contributed by atoms with Gasteiger partial charge in [-0.25, -0.2) is 0 Å². The molecule has 0 fully saturated rings. The van der Waals surface area contributed by atoms with Gasteiger partial charge in [0.05, 0.1) is 12.1 Å². The summed E-state index contributed by atoms with van der Waals surface area (Å²) in [5.74, 6) is -0.404. The van der Waals surface area contributed by atoms with Crippen LogP contribution in [0.3, 0.4) is 0 Å². The Kier molecular flexibility index (Phi) is 6.74. The first kappa shape index (κ1) is 25.9. The summed E-state index contributed by atoms with van der Waals surface area (Å²) in [6.07, 6.45) is 1.32. The maximum absolute atomic E-state index is 13.5. The first-order chi connectivity index (χ1) is 16.8. The van der Waals surface area contributed by atoms with E-state index in [1.165, 1.54) is 22.1 Å². The topological polar surface area (TPSA) is 70.8 Å². The zero-order chi connectivity index (χ0) is 26.4. The molecule has 0 saturated heterocycles. The van der Waals surface area contributed by atoms with Crippen LogP contribution in [0.25, 0.3) is 0 Å². The predicted molar refractivity (Wildman–Crippen MR) is 142 cm³/mol. The third-order valence-corrected chi connectivity index (χ3v) is 8.01. The number of ketones is 1. The van der Waals surface area contributed by atoms with E-state index < -0.39 is 12.1 Å². The van der Waals surface area contributed by atoms with Crippen molar-refractivity contribution in [3.63, 3.8) is 0 Å². The summed E-state index contributed by atoms with van der Waals surface area (Å²) in [5.41, 5.74) is 4.80. The number of carbonyl (C=O) groups excluding carboxylic acids is 2. The molecule has 0 radical (unpaired) electrons. The molecule has 1 heterocycles. The number of fused-ring (bicyclic) bond motifs is 1. The van der Waals surface area contributed by atoms with Crippen molar-refractivity contribution in [3.8, 4) is 0 Å². The molecule has 4 rings (SSSR count). The molecular formula is C31H37NO4. The highest BCUT2D eigenvalue weighted by molar-refractivity contribution is 6.09. The number of carbonyl (C=O) groups is 2. The molecule has 190 valence electrons. The SMILES string of the molecule is Cc1cc2c(cc1C(=O)c1ccc(C(=O)N(C)C(C)C(O)c3ccccc3)o1)C(C)(C)CCC2(C)C. The molecule has 1 amide bonds. The summed E-state index contributed by atoms with van der Waals surface area (Å²) in [5, 5.41) is 10.7. The van der Waals surface area contributed by atoms with Gasteiger partial charge >= 0.3 is 0 Å². The van der Waals surface area contributed by atoms with Gasteiger partial charge in [0, 0.05) is 12.6 Å². The molecule has 5 nitrogen and oxygen atoms in total. The molecule has 2 aromatic carbocycles. The van der Waals surface area contributed by atoms with Gasteiger partial charge in [-0.05, 0) is 78.0 Å². The van der Waals surface area contributed by atoms with Crippen molar-refractivity contribution in [2.45, 2.75) is 77.4 Å². The Bertz CT molecular complexity index is 1290. The minimum absolute atomic E-state index is 0.0175. The van der Waals surface area contributed by atoms with E-state index in [1.807, 2.05) is 43.3 Å². The van der Waals surface area contributed by atoms with E-state index in [0.29, 0.717) is 5.56 Å². The fourth-order valence-electron chi connectivity index (χ4n) is 5.17. The first-order valence-electron chi connectivity index (χ1n) is 12.6. The Morgan fingerprint density at radius 3 is 2.08 bits per heavy atom. The summed E-state index contributed by atoms with van der Waals surface area (Å²) in [6.45, 7) is 12.7. The number of hydrogen-bond donors (Lipinski definition) is 1. The molecule has 0 saturated carbocycles. The average molecular weight is 488 g/mol. The van der Waals surface area contributed by atoms with Crippen LogP contribution in [-0.2, 0) is 10.8 Å². The second-order valence-corrected chi connectivity index (χ2v) is 11.5. The number of hydrogen-bond acceptors (Lipinski definition) is 4. The molecule has 0 spiro atoms. The lowest BCUT2D eigenvalue weighted by Crippen LogP contribution is -2.38. The second-order valence-electron chi connectivity index (χ2n) is 11.5. The lowest BCUT2D eigenvalue weighted by atomic mass is 9.62. The van der Waals surface area contributed by atoms with Crippen molar-refractivity contribution in [1.82, 2.24) is 4.90 Å². The molecule has 1 aliphatic rings.